The molecule has 3 rings (SSSR count). The van der Waals surface area contributed by atoms with E-state index in [9.17, 15) is 4.79 Å². The smallest absolute Gasteiger partial charge is 0.252 e. The van der Waals surface area contributed by atoms with Gasteiger partial charge in [0.05, 0.1) is 11.3 Å². The van der Waals surface area contributed by atoms with Gasteiger partial charge in [0.15, 0.2) is 5.82 Å². The van der Waals surface area contributed by atoms with Gasteiger partial charge in [0.2, 0.25) is 0 Å². The molecule has 2 aromatic heterocycles. The van der Waals surface area contributed by atoms with Crippen LogP contribution in [0.4, 0.5) is 5.82 Å². The summed E-state index contributed by atoms with van der Waals surface area (Å²) in [5, 5.41) is 11.4. The maximum atomic E-state index is 12.0. The fourth-order valence-corrected chi connectivity index (χ4v) is 2.76. The molecule has 1 fully saturated rings. The highest BCUT2D eigenvalue weighted by Crippen LogP contribution is 2.21. The van der Waals surface area contributed by atoms with Crippen molar-refractivity contribution in [3.8, 4) is 0 Å². The van der Waals surface area contributed by atoms with Crippen molar-refractivity contribution in [1.29, 1.82) is 0 Å². The number of amides is 1. The van der Waals surface area contributed by atoms with Gasteiger partial charge in [-0.15, -0.1) is 5.10 Å². The highest BCUT2D eigenvalue weighted by molar-refractivity contribution is 5.93. The van der Waals surface area contributed by atoms with Gasteiger partial charge in [0, 0.05) is 32.0 Å². The number of rotatable bonds is 4. The second-order valence-electron chi connectivity index (χ2n) is 5.92. The van der Waals surface area contributed by atoms with Crippen molar-refractivity contribution in [2.45, 2.75) is 19.8 Å². The molecule has 0 radical (unpaired) electrons. The van der Waals surface area contributed by atoms with Crippen LogP contribution in [-0.4, -0.2) is 40.7 Å². The zero-order chi connectivity index (χ0) is 16.1. The van der Waals surface area contributed by atoms with Gasteiger partial charge >= 0.3 is 0 Å². The third-order valence-corrected chi connectivity index (χ3v) is 4.20. The van der Waals surface area contributed by atoms with Gasteiger partial charge < -0.3 is 10.2 Å². The lowest BCUT2D eigenvalue weighted by Crippen LogP contribution is -2.39. The van der Waals surface area contributed by atoms with E-state index in [4.69, 9.17) is 0 Å². The van der Waals surface area contributed by atoms with Gasteiger partial charge in [-0.1, -0.05) is 0 Å². The lowest BCUT2D eigenvalue weighted by atomic mass is 9.96. The predicted molar refractivity (Wildman–Crippen MR) is 88.3 cm³/mol. The number of hydrogen-bond donors (Lipinski definition) is 1. The number of hydrogen-bond acceptors (Lipinski definition) is 5. The summed E-state index contributed by atoms with van der Waals surface area (Å²) in [7, 11) is 0. The summed E-state index contributed by atoms with van der Waals surface area (Å²) in [4.78, 5) is 18.3. The van der Waals surface area contributed by atoms with Crippen LogP contribution >= 0.6 is 0 Å². The summed E-state index contributed by atoms with van der Waals surface area (Å²) >= 11 is 0. The Bertz CT molecular complexity index is 636. The summed E-state index contributed by atoms with van der Waals surface area (Å²) in [6.45, 7) is 4.55. The topological polar surface area (TPSA) is 71.0 Å². The van der Waals surface area contributed by atoms with E-state index in [1.807, 2.05) is 19.1 Å². The van der Waals surface area contributed by atoms with Gasteiger partial charge in [-0.05, 0) is 49.9 Å². The summed E-state index contributed by atoms with van der Waals surface area (Å²) in [5.41, 5.74) is 1.54. The molecule has 2 aromatic rings. The van der Waals surface area contributed by atoms with Crippen LogP contribution in [0.2, 0.25) is 0 Å². The van der Waals surface area contributed by atoms with Gasteiger partial charge in [-0.3, -0.25) is 9.78 Å². The first-order valence-corrected chi connectivity index (χ1v) is 7.96. The minimum absolute atomic E-state index is 0.0510. The molecule has 0 aliphatic carbocycles. The van der Waals surface area contributed by atoms with Crippen LogP contribution < -0.4 is 10.2 Å². The van der Waals surface area contributed by atoms with Crippen molar-refractivity contribution in [3.05, 3.63) is 47.9 Å². The second kappa shape index (κ2) is 7.17. The molecular weight excluding hydrogens is 290 g/mol. The molecule has 0 saturated carbocycles. The fraction of sp³-hybridized carbons (Fsp3) is 0.412. The predicted octanol–water partition coefficient (Wildman–Crippen LogP) is 1.83. The fourth-order valence-electron chi connectivity index (χ4n) is 2.76. The Morgan fingerprint density at radius 2 is 2.09 bits per heavy atom. The van der Waals surface area contributed by atoms with Crippen molar-refractivity contribution in [1.82, 2.24) is 20.5 Å². The minimum atomic E-state index is -0.0510. The molecule has 0 bridgehead atoms. The summed E-state index contributed by atoms with van der Waals surface area (Å²) < 4.78 is 0. The van der Waals surface area contributed by atoms with Crippen LogP contribution in [0.3, 0.4) is 0 Å². The van der Waals surface area contributed by atoms with E-state index in [-0.39, 0.29) is 5.91 Å². The normalized spacial score (nSPS) is 15.4. The van der Waals surface area contributed by atoms with Crippen molar-refractivity contribution >= 4 is 11.7 Å². The molecule has 0 spiro atoms. The zero-order valence-corrected chi connectivity index (χ0v) is 13.3. The molecule has 120 valence electrons. The minimum Gasteiger partial charge on any atom is -0.355 e. The molecule has 3 heterocycles. The molecular formula is C17H21N5O. The van der Waals surface area contributed by atoms with Gasteiger partial charge in [0.1, 0.15) is 0 Å². The van der Waals surface area contributed by atoms with Crippen molar-refractivity contribution in [2.75, 3.05) is 24.5 Å². The maximum absolute atomic E-state index is 12.0. The number of carbonyl (C=O) groups is 1. The van der Waals surface area contributed by atoms with Crippen LogP contribution in [0, 0.1) is 12.8 Å². The van der Waals surface area contributed by atoms with E-state index in [2.05, 4.69) is 25.4 Å². The van der Waals surface area contributed by atoms with Crippen LogP contribution in [-0.2, 0) is 0 Å². The van der Waals surface area contributed by atoms with Gasteiger partial charge in [-0.25, -0.2) is 0 Å². The second-order valence-corrected chi connectivity index (χ2v) is 5.92. The van der Waals surface area contributed by atoms with E-state index in [1.54, 1.807) is 24.5 Å². The first-order chi connectivity index (χ1) is 11.2. The van der Waals surface area contributed by atoms with E-state index in [0.717, 1.165) is 37.4 Å². The van der Waals surface area contributed by atoms with Crippen molar-refractivity contribution in [3.63, 3.8) is 0 Å². The Morgan fingerprint density at radius 1 is 1.26 bits per heavy atom. The summed E-state index contributed by atoms with van der Waals surface area (Å²) in [5.74, 6) is 1.39. The van der Waals surface area contributed by atoms with Crippen LogP contribution in [0.15, 0.2) is 36.7 Å². The quantitative estimate of drug-likeness (QED) is 0.932. The van der Waals surface area contributed by atoms with Crippen molar-refractivity contribution < 1.29 is 4.79 Å². The third kappa shape index (κ3) is 4.03. The summed E-state index contributed by atoms with van der Waals surface area (Å²) in [6, 6.07) is 7.56. The highest BCUT2D eigenvalue weighted by Gasteiger charge is 2.21. The lowest BCUT2D eigenvalue weighted by Gasteiger charge is -2.32. The Labute approximate surface area is 136 Å². The van der Waals surface area contributed by atoms with Crippen LogP contribution in [0.25, 0.3) is 0 Å². The molecule has 6 heteroatoms. The molecule has 1 saturated heterocycles. The largest absolute Gasteiger partial charge is 0.355 e. The first kappa shape index (κ1) is 15.4. The van der Waals surface area contributed by atoms with E-state index in [0.29, 0.717) is 18.0 Å². The van der Waals surface area contributed by atoms with Gasteiger partial charge in [0.25, 0.3) is 5.91 Å². The van der Waals surface area contributed by atoms with Crippen LogP contribution in [0.5, 0.6) is 0 Å². The number of nitrogens with zero attached hydrogens (tertiary/aromatic N) is 4. The number of nitrogens with one attached hydrogen (secondary N) is 1. The van der Waals surface area contributed by atoms with Crippen molar-refractivity contribution in [2.24, 2.45) is 5.92 Å². The number of piperidine rings is 1. The van der Waals surface area contributed by atoms with Crippen LogP contribution in [0.1, 0.15) is 28.9 Å². The Balaban J connectivity index is 1.46. The number of aromatic nitrogens is 3. The lowest BCUT2D eigenvalue weighted by molar-refractivity contribution is 0.0944. The number of carbonyl (C=O) groups excluding carboxylic acids is 1. The number of anilines is 1. The highest BCUT2D eigenvalue weighted by atomic mass is 16.1. The van der Waals surface area contributed by atoms with E-state index in [1.165, 1.54) is 0 Å². The zero-order valence-electron chi connectivity index (χ0n) is 13.3. The number of aryl methyl sites for hydroxylation is 1. The average Bonchev–Trinajstić information content (AvgIpc) is 2.61. The third-order valence-electron chi connectivity index (χ3n) is 4.20. The molecule has 1 aliphatic heterocycles. The van der Waals surface area contributed by atoms with E-state index >= 15 is 0 Å². The Hall–Kier alpha value is -2.50. The molecule has 1 N–H and O–H groups in total. The molecule has 6 nitrogen and oxygen atoms in total. The summed E-state index contributed by atoms with van der Waals surface area (Å²) in [6.07, 6.45) is 5.35. The van der Waals surface area contributed by atoms with Gasteiger partial charge in [-0.2, -0.15) is 5.10 Å². The number of pyridine rings is 1. The molecule has 23 heavy (non-hydrogen) atoms. The Kier molecular flexibility index (Phi) is 4.80. The standard InChI is InChI=1S/C17H21N5O/c1-13-4-5-16(21-20-13)22-9-6-14(7-10-22)11-19-17(23)15-3-2-8-18-12-15/h2-5,8,12,14H,6-7,9-11H2,1H3,(H,19,23). The molecule has 0 atom stereocenters. The molecule has 1 aliphatic rings. The molecule has 0 aromatic carbocycles. The molecule has 1 amide bonds. The van der Waals surface area contributed by atoms with E-state index < -0.39 is 0 Å². The molecule has 0 unspecified atom stereocenters. The monoisotopic (exact) mass is 311 g/mol. The average molecular weight is 311 g/mol. The first-order valence-electron chi connectivity index (χ1n) is 7.96. The maximum Gasteiger partial charge on any atom is 0.252 e. The Morgan fingerprint density at radius 3 is 2.74 bits per heavy atom. The SMILES string of the molecule is Cc1ccc(N2CCC(CNC(=O)c3cccnc3)CC2)nn1.